The number of unbranched alkanes of at least 4 members (excludes halogenated alkanes) is 12. The number of carboxylic acids is 1. The minimum Gasteiger partial charge on any atom is -0.478 e. The largest absolute Gasteiger partial charge is 0.478 e. The van der Waals surface area contributed by atoms with Crippen LogP contribution < -0.4 is 0 Å². The molecular formula is C31H42O6. The Labute approximate surface area is 223 Å². The number of rotatable bonds is 20. The van der Waals surface area contributed by atoms with Crippen LogP contribution >= 0.6 is 0 Å². The van der Waals surface area contributed by atoms with Crippen LogP contribution in [0.1, 0.15) is 117 Å². The van der Waals surface area contributed by atoms with Crippen LogP contribution in [0, 0.1) is 47.4 Å². The molecule has 0 saturated heterocycles. The lowest BCUT2D eigenvalue weighted by molar-refractivity contribution is -0.171. The van der Waals surface area contributed by atoms with Crippen LogP contribution in [-0.4, -0.2) is 35.7 Å². The van der Waals surface area contributed by atoms with Crippen LogP contribution in [0.5, 0.6) is 0 Å². The molecule has 0 aromatic heterocycles. The maximum atomic E-state index is 12.0. The molecule has 6 heteroatoms. The first-order valence-corrected chi connectivity index (χ1v) is 13.4. The fraction of sp³-hybridized carbons (Fsp3) is 0.645. The van der Waals surface area contributed by atoms with Crippen molar-refractivity contribution >= 4 is 17.9 Å². The van der Waals surface area contributed by atoms with Gasteiger partial charge in [0.15, 0.2) is 0 Å². The molecule has 1 atom stereocenters. The molecule has 0 bridgehead atoms. The predicted molar refractivity (Wildman–Crippen MR) is 145 cm³/mol. The monoisotopic (exact) mass is 510 g/mol. The van der Waals surface area contributed by atoms with Gasteiger partial charge in [-0.2, -0.15) is 0 Å². The Hall–Kier alpha value is -3.35. The highest BCUT2D eigenvalue weighted by Gasteiger charge is 2.24. The summed E-state index contributed by atoms with van der Waals surface area (Å²) in [4.78, 5) is 35.3. The van der Waals surface area contributed by atoms with E-state index in [9.17, 15) is 19.5 Å². The van der Waals surface area contributed by atoms with Crippen molar-refractivity contribution in [1.82, 2.24) is 0 Å². The first-order chi connectivity index (χ1) is 18.0. The third kappa shape index (κ3) is 24.1. The molecule has 37 heavy (non-hydrogen) atoms. The van der Waals surface area contributed by atoms with E-state index in [-0.39, 0.29) is 12.8 Å². The normalized spacial score (nSPS) is 10.1. The number of esters is 2. The molecule has 0 radical (unpaired) electrons. The molecule has 0 aliphatic rings. The summed E-state index contributed by atoms with van der Waals surface area (Å²) in [5.74, 6) is 20.1. The van der Waals surface area contributed by atoms with Gasteiger partial charge < -0.3 is 14.6 Å². The van der Waals surface area contributed by atoms with E-state index >= 15 is 0 Å². The van der Waals surface area contributed by atoms with Gasteiger partial charge in [-0.3, -0.25) is 9.59 Å². The minimum absolute atomic E-state index is 0.151. The van der Waals surface area contributed by atoms with E-state index in [1.165, 1.54) is 0 Å². The number of carbonyl (C=O) groups excluding carboxylic acids is 2. The van der Waals surface area contributed by atoms with Crippen LogP contribution in [0.15, 0.2) is 0 Å². The lowest BCUT2D eigenvalue weighted by Crippen LogP contribution is -2.32. The summed E-state index contributed by atoms with van der Waals surface area (Å²) in [6.07, 6.45) is 12.1. The number of carboxylic acid groups (broad SMARTS) is 1. The Balaban J connectivity index is 3.83. The quantitative estimate of drug-likeness (QED) is 0.126. The molecule has 0 heterocycles. The van der Waals surface area contributed by atoms with Gasteiger partial charge in [-0.15, -0.1) is 0 Å². The molecule has 0 aromatic carbocycles. The summed E-state index contributed by atoms with van der Waals surface area (Å²) >= 11 is 0. The third-order valence-corrected chi connectivity index (χ3v) is 5.36. The molecule has 0 aromatic rings. The zero-order valence-corrected chi connectivity index (χ0v) is 22.6. The van der Waals surface area contributed by atoms with E-state index < -0.39 is 30.6 Å². The molecule has 0 aliphatic carbocycles. The van der Waals surface area contributed by atoms with Gasteiger partial charge in [0.2, 0.25) is 6.10 Å². The number of hydrogen-bond acceptors (Lipinski definition) is 5. The van der Waals surface area contributed by atoms with Crippen LogP contribution in [0.2, 0.25) is 0 Å². The van der Waals surface area contributed by atoms with Gasteiger partial charge in [0, 0.05) is 25.7 Å². The maximum absolute atomic E-state index is 12.0. The molecule has 0 aliphatic heterocycles. The summed E-state index contributed by atoms with van der Waals surface area (Å²) in [7, 11) is 0. The number of hydrogen-bond donors (Lipinski definition) is 1. The lowest BCUT2D eigenvalue weighted by Gasteiger charge is -2.14. The van der Waals surface area contributed by atoms with Crippen molar-refractivity contribution in [3.63, 3.8) is 0 Å². The van der Waals surface area contributed by atoms with Gasteiger partial charge in [0.05, 0.1) is 0 Å². The number of aliphatic carboxylic acids is 1. The lowest BCUT2D eigenvalue weighted by atomic mass is 10.1. The van der Waals surface area contributed by atoms with Gasteiger partial charge in [-0.05, 0) is 63.2 Å². The minimum atomic E-state index is -1.47. The number of ether oxygens (including phenoxy) is 2. The highest BCUT2D eigenvalue weighted by Crippen LogP contribution is 2.11. The average molecular weight is 511 g/mol. The first-order valence-electron chi connectivity index (χ1n) is 13.4. The van der Waals surface area contributed by atoms with Crippen LogP contribution in [0.25, 0.3) is 0 Å². The standard InChI is InChI=1S/C31H42O6/c1-3-5-7-9-11-13-15-17-19-21-23-25-29(32)36-27-28(31(34)35)37-30(33)26-24-22-20-18-16-14-12-10-8-6-4-2/h28H,11-27H2,1-2H3,(H,34,35). The highest BCUT2D eigenvalue weighted by molar-refractivity contribution is 5.78. The van der Waals surface area contributed by atoms with E-state index in [4.69, 9.17) is 9.47 Å². The van der Waals surface area contributed by atoms with E-state index in [1.807, 2.05) is 0 Å². The first kappa shape index (κ1) is 33.7. The second-order valence-corrected chi connectivity index (χ2v) is 8.60. The fourth-order valence-electron chi connectivity index (χ4n) is 3.33. The van der Waals surface area contributed by atoms with E-state index in [1.54, 1.807) is 13.8 Å². The molecule has 0 spiro atoms. The Bertz CT molecular complexity index is 904. The predicted octanol–water partition coefficient (Wildman–Crippen LogP) is 5.82. The smallest absolute Gasteiger partial charge is 0.348 e. The van der Waals surface area contributed by atoms with Crippen LogP contribution in [0.3, 0.4) is 0 Å². The van der Waals surface area contributed by atoms with Crippen LogP contribution in [0.4, 0.5) is 0 Å². The molecular weight excluding hydrogens is 468 g/mol. The second-order valence-electron chi connectivity index (χ2n) is 8.60. The van der Waals surface area contributed by atoms with E-state index in [0.717, 1.165) is 77.0 Å². The molecule has 202 valence electrons. The maximum Gasteiger partial charge on any atom is 0.348 e. The molecule has 0 saturated carbocycles. The van der Waals surface area contributed by atoms with E-state index in [0.29, 0.717) is 12.8 Å². The van der Waals surface area contributed by atoms with Gasteiger partial charge >= 0.3 is 17.9 Å². The SMILES string of the molecule is CC#CC#CCCCCCCCCC(=O)OCC(OC(=O)CCCCCCCCC#CC#CC)C(=O)O. The zero-order chi connectivity index (χ0) is 27.4. The van der Waals surface area contributed by atoms with Crippen LogP contribution in [-0.2, 0) is 23.9 Å². The zero-order valence-electron chi connectivity index (χ0n) is 22.6. The van der Waals surface area contributed by atoms with Crippen molar-refractivity contribution in [2.75, 3.05) is 6.61 Å². The van der Waals surface area contributed by atoms with Crippen molar-refractivity contribution in [2.45, 2.75) is 123 Å². The summed E-state index contributed by atoms with van der Waals surface area (Å²) in [5, 5.41) is 9.27. The third-order valence-electron chi connectivity index (χ3n) is 5.36. The molecule has 0 rings (SSSR count). The fourth-order valence-corrected chi connectivity index (χ4v) is 3.33. The summed E-state index contributed by atoms with van der Waals surface area (Å²) in [5.41, 5.74) is 0. The molecule has 1 N–H and O–H groups in total. The van der Waals surface area contributed by atoms with Gasteiger partial charge in [0.1, 0.15) is 6.61 Å². The average Bonchev–Trinajstić information content (AvgIpc) is 2.88. The summed E-state index contributed by atoms with van der Waals surface area (Å²) in [6, 6.07) is 0. The topological polar surface area (TPSA) is 89.9 Å². The summed E-state index contributed by atoms with van der Waals surface area (Å²) < 4.78 is 10.0. The van der Waals surface area contributed by atoms with E-state index in [2.05, 4.69) is 47.4 Å². The molecule has 6 nitrogen and oxygen atoms in total. The van der Waals surface area contributed by atoms with Gasteiger partial charge in [-0.25, -0.2) is 4.79 Å². The van der Waals surface area contributed by atoms with Crippen molar-refractivity contribution in [2.24, 2.45) is 0 Å². The van der Waals surface area contributed by atoms with Gasteiger partial charge in [-0.1, -0.05) is 75.0 Å². The molecule has 1 unspecified atom stereocenters. The second kappa shape index (κ2) is 25.7. The Morgan fingerprint density at radius 3 is 1.51 bits per heavy atom. The van der Waals surface area contributed by atoms with Crippen molar-refractivity contribution < 1.29 is 29.0 Å². The van der Waals surface area contributed by atoms with Crippen molar-refractivity contribution in [1.29, 1.82) is 0 Å². The van der Waals surface area contributed by atoms with Crippen molar-refractivity contribution in [3.05, 3.63) is 0 Å². The Morgan fingerprint density at radius 2 is 1.05 bits per heavy atom. The van der Waals surface area contributed by atoms with Crippen molar-refractivity contribution in [3.8, 4) is 47.4 Å². The number of carbonyl (C=O) groups is 3. The molecule has 0 fully saturated rings. The Kier molecular flexibility index (Phi) is 23.4. The highest BCUT2D eigenvalue weighted by atomic mass is 16.6. The Morgan fingerprint density at radius 1 is 0.622 bits per heavy atom. The summed E-state index contributed by atoms with van der Waals surface area (Å²) in [6.45, 7) is 3.06. The van der Waals surface area contributed by atoms with Gasteiger partial charge in [0.25, 0.3) is 0 Å². The molecule has 0 amide bonds.